The molecule has 0 bridgehead atoms. The highest BCUT2D eigenvalue weighted by atomic mass is 35.5. The van der Waals surface area contributed by atoms with Crippen LogP contribution in [0.4, 0.5) is 14.5 Å². The number of rotatable bonds is 6. The van der Waals surface area contributed by atoms with Gasteiger partial charge >= 0.3 is 0 Å². The van der Waals surface area contributed by atoms with Gasteiger partial charge in [-0.2, -0.15) is 0 Å². The van der Waals surface area contributed by atoms with E-state index < -0.39 is 46.5 Å². The van der Waals surface area contributed by atoms with Crippen molar-refractivity contribution in [3.63, 3.8) is 0 Å². The Morgan fingerprint density at radius 3 is 2.53 bits per heavy atom. The largest absolute Gasteiger partial charge is 0.497 e. The molecule has 1 unspecified atom stereocenters. The van der Waals surface area contributed by atoms with Crippen LogP contribution in [0.2, 0.25) is 5.02 Å². The molecule has 12 heteroatoms. The summed E-state index contributed by atoms with van der Waals surface area (Å²) in [5.41, 5.74) is -0.687. The predicted molar refractivity (Wildman–Crippen MR) is 136 cm³/mol. The van der Waals surface area contributed by atoms with Gasteiger partial charge in [0.05, 0.1) is 25.7 Å². The Morgan fingerprint density at radius 1 is 1.18 bits per heavy atom. The second kappa shape index (κ2) is 10.5. The van der Waals surface area contributed by atoms with Gasteiger partial charge in [-0.05, 0) is 37.2 Å². The molecular weight excluding hydrogens is 520 g/mol. The number of methoxy groups -OCH3 is 1. The van der Waals surface area contributed by atoms with Crippen LogP contribution in [0.3, 0.4) is 0 Å². The van der Waals surface area contributed by atoms with Crippen LogP contribution in [-0.4, -0.2) is 54.2 Å². The minimum Gasteiger partial charge on any atom is -0.497 e. The molecule has 3 atom stereocenters. The zero-order valence-corrected chi connectivity index (χ0v) is 21.0. The summed E-state index contributed by atoms with van der Waals surface area (Å²) in [5, 5.41) is 6.20. The lowest BCUT2D eigenvalue weighted by Gasteiger charge is -2.20. The minimum absolute atomic E-state index is 0.0352. The molecule has 2 aliphatic heterocycles. The van der Waals surface area contributed by atoms with Crippen molar-refractivity contribution in [2.45, 2.75) is 24.4 Å². The van der Waals surface area contributed by atoms with Crippen LogP contribution >= 0.6 is 11.6 Å². The highest BCUT2D eigenvalue weighted by molar-refractivity contribution is 6.30. The fourth-order valence-electron chi connectivity index (χ4n) is 4.97. The van der Waals surface area contributed by atoms with Gasteiger partial charge in [-0.15, -0.1) is 0 Å². The van der Waals surface area contributed by atoms with Gasteiger partial charge in [-0.3, -0.25) is 19.0 Å². The van der Waals surface area contributed by atoms with Gasteiger partial charge in [-0.25, -0.2) is 13.8 Å². The smallest absolute Gasteiger partial charge is 0.277 e. The van der Waals surface area contributed by atoms with Gasteiger partial charge < -0.3 is 20.3 Å². The zero-order valence-electron chi connectivity index (χ0n) is 20.3. The van der Waals surface area contributed by atoms with Crippen LogP contribution < -0.4 is 25.8 Å². The standard InChI is InChI=1S/C26H24ClF2N5O4/c1-38-17-8-19(28)22(20(29)9-17)18-12-33(21-11-31-13-34(25(21)36)16-6-7-30-10-16)26(37)23(18)32-24(35)14-2-4-15(27)5-3-14/h2-5,8-9,11,13,16,18,23,30H,6-7,10,12H2,1H3,(H,32,35)/t16?,18-,23-/m0/s1. The molecule has 2 N–H and O–H groups in total. The lowest BCUT2D eigenvalue weighted by molar-refractivity contribution is -0.118. The lowest BCUT2D eigenvalue weighted by atomic mass is 9.92. The molecule has 0 aliphatic carbocycles. The normalized spacial score (nSPS) is 21.1. The second-order valence-electron chi connectivity index (χ2n) is 9.16. The summed E-state index contributed by atoms with van der Waals surface area (Å²) >= 11 is 5.91. The fourth-order valence-corrected chi connectivity index (χ4v) is 5.09. The molecule has 5 rings (SSSR count). The van der Waals surface area contributed by atoms with Crippen LogP contribution in [0.25, 0.3) is 0 Å². The van der Waals surface area contributed by atoms with E-state index in [0.29, 0.717) is 18.0 Å². The molecule has 2 fully saturated rings. The quantitative estimate of drug-likeness (QED) is 0.495. The van der Waals surface area contributed by atoms with Crippen molar-refractivity contribution in [3.05, 3.63) is 87.1 Å². The molecule has 2 aromatic carbocycles. The van der Waals surface area contributed by atoms with Gasteiger partial charge in [0.2, 0.25) is 5.91 Å². The highest BCUT2D eigenvalue weighted by Gasteiger charge is 2.46. The molecular formula is C26H24ClF2N5O4. The summed E-state index contributed by atoms with van der Waals surface area (Å²) in [6.07, 6.45) is 3.37. The number of benzene rings is 2. The molecule has 9 nitrogen and oxygen atoms in total. The van der Waals surface area contributed by atoms with E-state index in [1.54, 1.807) is 0 Å². The first-order valence-corrected chi connectivity index (χ1v) is 12.3. The Kier molecular flexibility index (Phi) is 7.13. The summed E-state index contributed by atoms with van der Waals surface area (Å²) in [6.45, 7) is 1.05. The summed E-state index contributed by atoms with van der Waals surface area (Å²) in [4.78, 5) is 45.3. The summed E-state index contributed by atoms with van der Waals surface area (Å²) < 4.78 is 36.7. The Morgan fingerprint density at radius 2 is 1.89 bits per heavy atom. The van der Waals surface area contributed by atoms with Crippen molar-refractivity contribution in [3.8, 4) is 5.75 Å². The molecule has 0 spiro atoms. The van der Waals surface area contributed by atoms with Gasteiger partial charge in [0.25, 0.3) is 11.5 Å². The molecule has 0 radical (unpaired) electrons. The lowest BCUT2D eigenvalue weighted by Crippen LogP contribution is -2.44. The average molecular weight is 544 g/mol. The van der Waals surface area contributed by atoms with E-state index in [0.717, 1.165) is 23.6 Å². The van der Waals surface area contributed by atoms with Crippen LogP contribution in [0, 0.1) is 11.6 Å². The fraction of sp³-hybridized carbons (Fsp3) is 0.308. The Labute approximate surface area is 221 Å². The van der Waals surface area contributed by atoms with Gasteiger partial charge in [0.15, 0.2) is 0 Å². The number of anilines is 1. The first-order valence-electron chi connectivity index (χ1n) is 12.0. The first kappa shape index (κ1) is 25.8. The van der Waals surface area contributed by atoms with Crippen molar-refractivity contribution in [1.29, 1.82) is 0 Å². The maximum Gasteiger partial charge on any atom is 0.277 e. The molecule has 2 aliphatic rings. The SMILES string of the molecule is COc1cc(F)c([C@@H]2CN(c3cncn(C4CCNC4)c3=O)C(=O)[C@H]2NC(=O)c2ccc(Cl)cc2)c(F)c1. The molecule has 198 valence electrons. The summed E-state index contributed by atoms with van der Waals surface area (Å²) in [5.74, 6) is -4.38. The van der Waals surface area contributed by atoms with Crippen molar-refractivity contribution in [2.75, 3.05) is 31.6 Å². The monoisotopic (exact) mass is 543 g/mol. The summed E-state index contributed by atoms with van der Waals surface area (Å²) in [7, 11) is 1.27. The topological polar surface area (TPSA) is 106 Å². The van der Waals surface area contributed by atoms with Crippen molar-refractivity contribution in [1.82, 2.24) is 20.2 Å². The van der Waals surface area contributed by atoms with E-state index in [1.165, 1.54) is 48.5 Å². The van der Waals surface area contributed by atoms with Crippen LogP contribution in [0.15, 0.2) is 53.7 Å². The predicted octanol–water partition coefficient (Wildman–Crippen LogP) is 2.65. The van der Waals surface area contributed by atoms with Crippen molar-refractivity contribution < 1.29 is 23.1 Å². The number of carbonyl (C=O) groups is 2. The maximum atomic E-state index is 15.2. The number of nitrogens with zero attached hydrogens (tertiary/aromatic N) is 3. The van der Waals surface area contributed by atoms with Crippen LogP contribution in [0.1, 0.15) is 34.3 Å². The van der Waals surface area contributed by atoms with E-state index in [1.807, 2.05) is 0 Å². The number of nitrogens with one attached hydrogen (secondary N) is 2. The van der Waals surface area contributed by atoms with Crippen LogP contribution in [-0.2, 0) is 4.79 Å². The summed E-state index contributed by atoms with van der Waals surface area (Å²) in [6, 6.07) is 6.46. The number of aromatic nitrogens is 2. The number of hydrogen-bond acceptors (Lipinski definition) is 6. The number of hydrogen-bond donors (Lipinski definition) is 2. The second-order valence-corrected chi connectivity index (χ2v) is 9.59. The molecule has 3 heterocycles. The number of amides is 2. The molecule has 0 saturated carbocycles. The molecule has 38 heavy (non-hydrogen) atoms. The molecule has 2 saturated heterocycles. The number of ether oxygens (including phenoxy) is 1. The van der Waals surface area contributed by atoms with E-state index in [9.17, 15) is 14.4 Å². The molecule has 1 aromatic heterocycles. The van der Waals surface area contributed by atoms with Crippen molar-refractivity contribution in [2.24, 2.45) is 0 Å². The minimum atomic E-state index is -1.36. The maximum absolute atomic E-state index is 15.2. The first-order chi connectivity index (χ1) is 18.3. The Hall–Kier alpha value is -3.83. The van der Waals surface area contributed by atoms with Gasteiger partial charge in [0.1, 0.15) is 29.1 Å². The Bertz CT molecular complexity index is 1420. The number of carbonyl (C=O) groups excluding carboxylic acids is 2. The highest BCUT2D eigenvalue weighted by Crippen LogP contribution is 2.36. The van der Waals surface area contributed by atoms with Gasteiger partial charge in [-0.1, -0.05) is 11.6 Å². The molecule has 3 aromatic rings. The van der Waals surface area contributed by atoms with Crippen molar-refractivity contribution >= 4 is 29.1 Å². The third-order valence-corrected chi connectivity index (χ3v) is 7.18. The van der Waals surface area contributed by atoms with E-state index in [4.69, 9.17) is 16.3 Å². The third kappa shape index (κ3) is 4.74. The molecule has 2 amide bonds. The van der Waals surface area contributed by atoms with E-state index in [2.05, 4.69) is 15.6 Å². The van der Waals surface area contributed by atoms with Gasteiger partial charge in [0, 0.05) is 47.3 Å². The number of halogens is 3. The Balaban J connectivity index is 1.55. The average Bonchev–Trinajstić information content (AvgIpc) is 3.53. The third-order valence-electron chi connectivity index (χ3n) is 6.93. The van der Waals surface area contributed by atoms with E-state index >= 15 is 8.78 Å². The zero-order chi connectivity index (χ0) is 27.0. The van der Waals surface area contributed by atoms with E-state index in [-0.39, 0.29) is 29.6 Å². The van der Waals surface area contributed by atoms with Crippen LogP contribution in [0.5, 0.6) is 5.75 Å².